The van der Waals surface area contributed by atoms with Crippen LogP contribution in [0.1, 0.15) is 39.3 Å². The van der Waals surface area contributed by atoms with Crippen LogP contribution in [0.3, 0.4) is 0 Å². The average Bonchev–Trinajstić information content (AvgIpc) is 3.25. The number of ether oxygens (including phenoxy) is 1. The maximum Gasteiger partial charge on any atom is 0.319 e. The molecule has 6 nitrogen and oxygen atoms in total. The fourth-order valence-electron chi connectivity index (χ4n) is 4.17. The molecule has 0 saturated carbocycles. The molecule has 1 fully saturated rings. The molecule has 1 aliphatic rings. The fourth-order valence-corrected chi connectivity index (χ4v) is 4.88. The third-order valence-electron chi connectivity index (χ3n) is 5.55. The Balaban J connectivity index is 1.66. The highest BCUT2D eigenvalue weighted by molar-refractivity contribution is 7.07. The summed E-state index contributed by atoms with van der Waals surface area (Å²) in [4.78, 5) is 17.4. The van der Waals surface area contributed by atoms with Gasteiger partial charge in [-0.2, -0.15) is 11.3 Å². The van der Waals surface area contributed by atoms with Crippen molar-refractivity contribution in [3.05, 3.63) is 46.7 Å². The molecule has 0 spiro atoms. The lowest BCUT2D eigenvalue weighted by Gasteiger charge is -2.37. The van der Waals surface area contributed by atoms with Crippen molar-refractivity contribution in [1.82, 2.24) is 10.2 Å². The number of rotatable bonds is 8. The standard InChI is InChI=1S/C23H34N4O2S/c1-5-26(6-2)22(19-11-12-30-16-19)13-24-23(28)25-20-9-7-8-10-21(20)27-14-17(3)29-18(4)15-27/h7-12,16-18,22H,5-6,13-15H2,1-4H3,(H2,24,25,28)/t17-,18-,22+/m0/s1. The summed E-state index contributed by atoms with van der Waals surface area (Å²) in [6.07, 6.45) is 0.326. The van der Waals surface area contributed by atoms with Crippen molar-refractivity contribution in [1.29, 1.82) is 0 Å². The lowest BCUT2D eigenvalue weighted by atomic mass is 10.1. The zero-order valence-corrected chi connectivity index (χ0v) is 19.2. The van der Waals surface area contributed by atoms with E-state index in [9.17, 15) is 4.79 Å². The van der Waals surface area contributed by atoms with Gasteiger partial charge in [-0.05, 0) is 61.5 Å². The highest BCUT2D eigenvalue weighted by Gasteiger charge is 2.24. The molecule has 30 heavy (non-hydrogen) atoms. The predicted octanol–water partition coefficient (Wildman–Crippen LogP) is 4.57. The number of urea groups is 1. The molecule has 3 atom stereocenters. The molecule has 164 valence electrons. The lowest BCUT2D eigenvalue weighted by Crippen LogP contribution is -2.46. The largest absolute Gasteiger partial charge is 0.372 e. The predicted molar refractivity (Wildman–Crippen MR) is 126 cm³/mol. The van der Waals surface area contributed by atoms with Crippen LogP contribution in [0.5, 0.6) is 0 Å². The fraction of sp³-hybridized carbons (Fsp3) is 0.522. The number of hydrogen-bond donors (Lipinski definition) is 2. The summed E-state index contributed by atoms with van der Waals surface area (Å²) in [7, 11) is 0. The van der Waals surface area contributed by atoms with Crippen molar-refractivity contribution in [2.45, 2.75) is 45.9 Å². The maximum atomic E-state index is 12.8. The van der Waals surface area contributed by atoms with Gasteiger partial charge in [-0.3, -0.25) is 4.90 Å². The van der Waals surface area contributed by atoms with Crippen molar-refractivity contribution in [2.24, 2.45) is 0 Å². The summed E-state index contributed by atoms with van der Waals surface area (Å²) in [5.41, 5.74) is 3.11. The molecule has 3 rings (SSSR count). The monoisotopic (exact) mass is 430 g/mol. The smallest absolute Gasteiger partial charge is 0.319 e. The topological polar surface area (TPSA) is 56.8 Å². The normalized spacial score (nSPS) is 20.2. The van der Waals surface area contributed by atoms with E-state index in [1.165, 1.54) is 5.56 Å². The van der Waals surface area contributed by atoms with Crippen molar-refractivity contribution in [3.63, 3.8) is 0 Å². The van der Waals surface area contributed by atoms with Crippen LogP contribution in [-0.4, -0.2) is 55.9 Å². The van der Waals surface area contributed by atoms with Gasteiger partial charge in [0.1, 0.15) is 0 Å². The first-order valence-corrected chi connectivity index (χ1v) is 11.8. The van der Waals surface area contributed by atoms with E-state index in [0.717, 1.165) is 37.6 Å². The van der Waals surface area contributed by atoms with Gasteiger partial charge in [-0.1, -0.05) is 26.0 Å². The molecule has 2 N–H and O–H groups in total. The Morgan fingerprint density at radius 2 is 1.90 bits per heavy atom. The maximum absolute atomic E-state index is 12.8. The number of carbonyl (C=O) groups excluding carboxylic acids is 1. The number of nitrogens with zero attached hydrogens (tertiary/aromatic N) is 2. The third kappa shape index (κ3) is 5.74. The minimum atomic E-state index is -0.177. The minimum absolute atomic E-state index is 0.163. The summed E-state index contributed by atoms with van der Waals surface area (Å²) in [6, 6.07) is 10.1. The van der Waals surface area contributed by atoms with Gasteiger partial charge in [0.15, 0.2) is 0 Å². The molecule has 0 radical (unpaired) electrons. The number of hydrogen-bond acceptors (Lipinski definition) is 5. The van der Waals surface area contributed by atoms with Crippen LogP contribution in [0.2, 0.25) is 0 Å². The first kappa shape index (κ1) is 22.6. The molecule has 1 aromatic carbocycles. The molecule has 2 amide bonds. The second-order valence-electron chi connectivity index (χ2n) is 7.81. The number of para-hydroxylation sites is 2. The molecular formula is C23H34N4O2S. The molecular weight excluding hydrogens is 396 g/mol. The average molecular weight is 431 g/mol. The van der Waals surface area contributed by atoms with E-state index in [1.54, 1.807) is 11.3 Å². The molecule has 1 aromatic heterocycles. The van der Waals surface area contributed by atoms with Gasteiger partial charge in [-0.25, -0.2) is 4.79 Å². The molecule has 7 heteroatoms. The first-order valence-electron chi connectivity index (χ1n) is 10.8. The van der Waals surface area contributed by atoms with Crippen LogP contribution in [0.15, 0.2) is 41.1 Å². The number of benzene rings is 1. The molecule has 1 aliphatic heterocycles. The van der Waals surface area contributed by atoms with Gasteiger partial charge >= 0.3 is 6.03 Å². The molecule has 0 unspecified atom stereocenters. The zero-order chi connectivity index (χ0) is 21.5. The summed E-state index contributed by atoms with van der Waals surface area (Å²) in [5.74, 6) is 0. The van der Waals surface area contributed by atoms with Gasteiger partial charge in [0.25, 0.3) is 0 Å². The SMILES string of the molecule is CCN(CC)[C@H](CNC(=O)Nc1ccccc1N1C[C@H](C)O[C@@H](C)C1)c1ccsc1. The number of morpholine rings is 1. The highest BCUT2D eigenvalue weighted by Crippen LogP contribution is 2.28. The van der Waals surface area contributed by atoms with Crippen LogP contribution in [0, 0.1) is 0 Å². The zero-order valence-electron chi connectivity index (χ0n) is 18.4. The van der Waals surface area contributed by atoms with Crippen LogP contribution in [-0.2, 0) is 4.74 Å². The van der Waals surface area contributed by atoms with Crippen LogP contribution >= 0.6 is 11.3 Å². The molecule has 0 aliphatic carbocycles. The van der Waals surface area contributed by atoms with Crippen molar-refractivity contribution >= 4 is 28.7 Å². The second-order valence-corrected chi connectivity index (χ2v) is 8.59. The van der Waals surface area contributed by atoms with E-state index >= 15 is 0 Å². The van der Waals surface area contributed by atoms with Crippen molar-refractivity contribution < 1.29 is 9.53 Å². The quantitative estimate of drug-likeness (QED) is 0.644. The Bertz CT molecular complexity index is 784. The Morgan fingerprint density at radius 3 is 2.53 bits per heavy atom. The summed E-state index contributed by atoms with van der Waals surface area (Å²) in [5, 5.41) is 10.4. The van der Waals surface area contributed by atoms with Gasteiger partial charge in [0, 0.05) is 19.6 Å². The third-order valence-corrected chi connectivity index (χ3v) is 6.25. The van der Waals surface area contributed by atoms with Crippen LogP contribution in [0.25, 0.3) is 0 Å². The van der Waals surface area contributed by atoms with E-state index < -0.39 is 0 Å². The van der Waals surface area contributed by atoms with Gasteiger partial charge in [-0.15, -0.1) is 0 Å². The second kappa shape index (κ2) is 10.8. The first-order chi connectivity index (χ1) is 14.5. The molecule has 0 bridgehead atoms. The van der Waals surface area contributed by atoms with Crippen LogP contribution < -0.4 is 15.5 Å². The van der Waals surface area contributed by atoms with Gasteiger partial charge in [0.2, 0.25) is 0 Å². The van der Waals surface area contributed by atoms with E-state index in [4.69, 9.17) is 4.74 Å². The van der Waals surface area contributed by atoms with Crippen molar-refractivity contribution in [3.8, 4) is 0 Å². The minimum Gasteiger partial charge on any atom is -0.372 e. The number of thiophene rings is 1. The Kier molecular flexibility index (Phi) is 8.13. The summed E-state index contributed by atoms with van der Waals surface area (Å²) >= 11 is 1.69. The van der Waals surface area contributed by atoms with Gasteiger partial charge in [0.05, 0.1) is 29.6 Å². The molecule has 2 aromatic rings. The van der Waals surface area contributed by atoms with Crippen LogP contribution in [0.4, 0.5) is 16.2 Å². The number of nitrogens with one attached hydrogen (secondary N) is 2. The van der Waals surface area contributed by atoms with E-state index in [2.05, 4.69) is 71.0 Å². The molecule has 2 heterocycles. The Hall–Kier alpha value is -2.09. The van der Waals surface area contributed by atoms with E-state index in [0.29, 0.717) is 6.54 Å². The number of anilines is 2. The number of carbonyl (C=O) groups is 1. The summed E-state index contributed by atoms with van der Waals surface area (Å²) < 4.78 is 5.86. The Morgan fingerprint density at radius 1 is 1.20 bits per heavy atom. The number of likely N-dealkylation sites (N-methyl/N-ethyl adjacent to an activating group) is 1. The molecule has 1 saturated heterocycles. The Labute approximate surface area is 184 Å². The van der Waals surface area contributed by atoms with E-state index in [-0.39, 0.29) is 24.3 Å². The number of amides is 2. The highest BCUT2D eigenvalue weighted by atomic mass is 32.1. The summed E-state index contributed by atoms with van der Waals surface area (Å²) in [6.45, 7) is 12.6. The lowest BCUT2D eigenvalue weighted by molar-refractivity contribution is -0.00517. The van der Waals surface area contributed by atoms with E-state index in [1.807, 2.05) is 18.2 Å². The van der Waals surface area contributed by atoms with Gasteiger partial charge < -0.3 is 20.3 Å². The van der Waals surface area contributed by atoms with Crippen molar-refractivity contribution in [2.75, 3.05) is 42.9 Å².